The number of nitrogens with zero attached hydrogens (tertiary/aromatic N) is 2. The molecule has 0 bridgehead atoms. The predicted octanol–water partition coefficient (Wildman–Crippen LogP) is 5.00. The molecule has 3 aromatic rings. The Kier molecular flexibility index (Phi) is 7.79. The van der Waals surface area contributed by atoms with Crippen molar-refractivity contribution in [3.05, 3.63) is 52.8 Å². The van der Waals surface area contributed by atoms with E-state index in [4.69, 9.17) is 4.42 Å². The molecule has 202 valence electrons. The van der Waals surface area contributed by atoms with Crippen molar-refractivity contribution in [2.24, 2.45) is 11.3 Å². The summed E-state index contributed by atoms with van der Waals surface area (Å²) in [4.78, 5) is 47.0. The summed E-state index contributed by atoms with van der Waals surface area (Å²) in [6.07, 6.45) is 9.67. The number of carbonyl (C=O) groups excluding carboxylic acids is 2. The van der Waals surface area contributed by atoms with Crippen molar-refractivity contribution in [2.75, 3.05) is 20.1 Å². The number of piperidine rings is 1. The lowest BCUT2D eigenvalue weighted by Gasteiger charge is -2.30. The summed E-state index contributed by atoms with van der Waals surface area (Å²) in [6, 6.07) is 8.61. The number of imidazole rings is 1. The minimum Gasteiger partial charge on any atom is -0.423 e. The van der Waals surface area contributed by atoms with Gasteiger partial charge < -0.3 is 19.6 Å². The van der Waals surface area contributed by atoms with Crippen LogP contribution in [0.15, 0.2) is 45.7 Å². The lowest BCUT2D eigenvalue weighted by Crippen LogP contribution is -2.36. The zero-order valence-electron chi connectivity index (χ0n) is 22.4. The van der Waals surface area contributed by atoms with Gasteiger partial charge in [-0.25, -0.2) is 9.78 Å². The van der Waals surface area contributed by atoms with E-state index in [1.54, 1.807) is 18.3 Å². The van der Waals surface area contributed by atoms with Crippen molar-refractivity contribution < 1.29 is 14.0 Å². The van der Waals surface area contributed by atoms with Crippen LogP contribution in [0.25, 0.3) is 22.2 Å². The molecule has 1 saturated carbocycles. The highest BCUT2D eigenvalue weighted by Gasteiger charge is 2.58. The quantitative estimate of drug-likeness (QED) is 0.273. The number of carbonyl (C=O) groups is 2. The first-order valence-corrected chi connectivity index (χ1v) is 14.0. The zero-order chi connectivity index (χ0) is 26.7. The van der Waals surface area contributed by atoms with Gasteiger partial charge >= 0.3 is 5.63 Å². The van der Waals surface area contributed by atoms with E-state index in [0.29, 0.717) is 24.2 Å². The lowest BCUT2D eigenvalue weighted by atomic mass is 9.91. The molecule has 1 aromatic carbocycles. The largest absolute Gasteiger partial charge is 0.423 e. The van der Waals surface area contributed by atoms with E-state index in [2.05, 4.69) is 27.2 Å². The molecule has 2 atom stereocenters. The number of hydrogen-bond acceptors (Lipinski definition) is 6. The SMILES string of the molecule is CCC(=O)CCCCC[C@H](NC(=O)[C@H]1CC12CCN(C)CC2)c1ncc(-c2ccc3oc(=O)ccc3c2)[nH]1. The number of hydrogen-bond donors (Lipinski definition) is 2. The van der Waals surface area contributed by atoms with Crippen molar-refractivity contribution >= 4 is 22.7 Å². The molecular formula is C30H38N4O4. The Morgan fingerprint density at radius 2 is 2.00 bits per heavy atom. The third-order valence-corrected chi connectivity index (χ3v) is 8.50. The van der Waals surface area contributed by atoms with Crippen LogP contribution in [0.5, 0.6) is 0 Å². The Morgan fingerprint density at radius 1 is 1.18 bits per heavy atom. The number of benzene rings is 1. The maximum absolute atomic E-state index is 13.4. The fourth-order valence-corrected chi connectivity index (χ4v) is 5.81. The van der Waals surface area contributed by atoms with Gasteiger partial charge in [-0.1, -0.05) is 19.8 Å². The third kappa shape index (κ3) is 5.90. The lowest BCUT2D eigenvalue weighted by molar-refractivity contribution is -0.124. The molecule has 1 spiro atoms. The van der Waals surface area contributed by atoms with E-state index in [-0.39, 0.29) is 28.9 Å². The number of ketones is 1. The Morgan fingerprint density at radius 3 is 2.79 bits per heavy atom. The van der Waals surface area contributed by atoms with Crippen molar-refractivity contribution in [1.29, 1.82) is 0 Å². The van der Waals surface area contributed by atoms with Gasteiger partial charge in [-0.15, -0.1) is 0 Å². The van der Waals surface area contributed by atoms with Crippen LogP contribution >= 0.6 is 0 Å². The topological polar surface area (TPSA) is 108 Å². The molecule has 1 saturated heterocycles. The monoisotopic (exact) mass is 518 g/mol. The highest BCUT2D eigenvalue weighted by atomic mass is 16.4. The third-order valence-electron chi connectivity index (χ3n) is 8.50. The molecule has 0 radical (unpaired) electrons. The van der Waals surface area contributed by atoms with Gasteiger partial charge in [0.25, 0.3) is 0 Å². The fourth-order valence-electron chi connectivity index (χ4n) is 5.81. The van der Waals surface area contributed by atoms with E-state index in [0.717, 1.165) is 80.5 Å². The molecule has 38 heavy (non-hydrogen) atoms. The standard InChI is InChI=1S/C30H38N4O4/c1-3-22(35)7-5-4-6-8-24(33-29(37)23-18-30(23)13-15-34(2)16-14-30)28-31-19-25(32-28)20-9-11-26-21(17-20)10-12-27(36)38-26/h9-12,17,19,23-24H,3-8,13-16,18H2,1-2H3,(H,31,32)(H,33,37)/t23-,24+/m1/s1. The van der Waals surface area contributed by atoms with Crippen LogP contribution < -0.4 is 10.9 Å². The molecule has 1 aliphatic carbocycles. The zero-order valence-corrected chi connectivity index (χ0v) is 22.4. The number of aromatic nitrogens is 2. The minimum atomic E-state index is -0.371. The van der Waals surface area contributed by atoms with E-state index in [9.17, 15) is 14.4 Å². The smallest absolute Gasteiger partial charge is 0.336 e. The second kappa shape index (κ2) is 11.2. The van der Waals surface area contributed by atoms with Crippen molar-refractivity contribution in [2.45, 2.75) is 70.8 Å². The second-order valence-electron chi connectivity index (χ2n) is 11.2. The van der Waals surface area contributed by atoms with Crippen molar-refractivity contribution in [3.8, 4) is 11.3 Å². The molecule has 8 nitrogen and oxygen atoms in total. The number of likely N-dealkylation sites (tertiary alicyclic amines) is 1. The summed E-state index contributed by atoms with van der Waals surface area (Å²) in [5.41, 5.74) is 2.12. The van der Waals surface area contributed by atoms with Gasteiger partial charge in [-0.05, 0) is 81.9 Å². The fraction of sp³-hybridized carbons (Fsp3) is 0.533. The van der Waals surface area contributed by atoms with Crippen LogP contribution in [0.3, 0.4) is 0 Å². The first-order chi connectivity index (χ1) is 18.4. The van der Waals surface area contributed by atoms with Crippen LogP contribution in [-0.2, 0) is 9.59 Å². The molecule has 2 aromatic heterocycles. The maximum atomic E-state index is 13.4. The average Bonchev–Trinajstić information content (AvgIpc) is 3.40. The summed E-state index contributed by atoms with van der Waals surface area (Å²) in [5, 5.41) is 4.16. The van der Waals surface area contributed by atoms with Crippen molar-refractivity contribution in [1.82, 2.24) is 20.2 Å². The summed E-state index contributed by atoms with van der Waals surface area (Å²) in [5.74, 6) is 1.28. The maximum Gasteiger partial charge on any atom is 0.336 e. The first kappa shape index (κ1) is 26.4. The van der Waals surface area contributed by atoms with E-state index in [1.165, 1.54) is 6.07 Å². The average molecular weight is 519 g/mol. The van der Waals surface area contributed by atoms with Crippen LogP contribution in [0.2, 0.25) is 0 Å². The molecule has 0 unspecified atom stereocenters. The summed E-state index contributed by atoms with van der Waals surface area (Å²) in [6.45, 7) is 4.02. The number of fused-ring (bicyclic) bond motifs is 1. The Balaban J connectivity index is 1.29. The number of amides is 1. The molecule has 3 heterocycles. The van der Waals surface area contributed by atoms with Crippen LogP contribution in [0, 0.1) is 11.3 Å². The number of H-pyrrole nitrogens is 1. The number of aromatic amines is 1. The number of nitrogens with one attached hydrogen (secondary N) is 2. The number of unbranched alkanes of at least 4 members (excludes halogenated alkanes) is 2. The molecule has 8 heteroatoms. The summed E-state index contributed by atoms with van der Waals surface area (Å²) < 4.78 is 5.25. The van der Waals surface area contributed by atoms with Gasteiger partial charge in [0.1, 0.15) is 17.2 Å². The van der Waals surface area contributed by atoms with Crippen LogP contribution in [0.1, 0.15) is 76.6 Å². The molecule has 5 rings (SSSR count). The highest BCUT2D eigenvalue weighted by molar-refractivity contribution is 5.83. The van der Waals surface area contributed by atoms with E-state index in [1.807, 2.05) is 19.1 Å². The van der Waals surface area contributed by atoms with Gasteiger partial charge in [-0.3, -0.25) is 9.59 Å². The van der Waals surface area contributed by atoms with Gasteiger partial charge in [0.15, 0.2) is 0 Å². The second-order valence-corrected chi connectivity index (χ2v) is 11.2. The molecular weight excluding hydrogens is 480 g/mol. The molecule has 2 aliphatic rings. The Hall–Kier alpha value is -3.26. The van der Waals surface area contributed by atoms with Crippen molar-refractivity contribution in [3.63, 3.8) is 0 Å². The Labute approximate surface area is 223 Å². The minimum absolute atomic E-state index is 0.0884. The summed E-state index contributed by atoms with van der Waals surface area (Å²) in [7, 11) is 2.15. The van der Waals surface area contributed by atoms with Gasteiger partial charge in [0.05, 0.1) is 17.9 Å². The van der Waals surface area contributed by atoms with Crippen LogP contribution in [0.4, 0.5) is 0 Å². The number of rotatable bonds is 11. The highest BCUT2D eigenvalue weighted by Crippen LogP contribution is 2.59. The first-order valence-electron chi connectivity index (χ1n) is 14.0. The molecule has 2 fully saturated rings. The van der Waals surface area contributed by atoms with Gasteiger partial charge in [0, 0.05) is 35.8 Å². The normalized spacial score (nSPS) is 19.5. The van der Waals surface area contributed by atoms with E-state index < -0.39 is 0 Å². The number of Topliss-reactive ketones (excluding diaryl/α,β-unsaturated/α-hetero) is 1. The Bertz CT molecular complexity index is 1350. The van der Waals surface area contributed by atoms with Gasteiger partial charge in [0.2, 0.25) is 5.91 Å². The molecule has 1 aliphatic heterocycles. The van der Waals surface area contributed by atoms with E-state index >= 15 is 0 Å². The molecule has 2 N–H and O–H groups in total. The predicted molar refractivity (Wildman–Crippen MR) is 147 cm³/mol. The van der Waals surface area contributed by atoms with Crippen LogP contribution in [-0.4, -0.2) is 46.7 Å². The molecule has 1 amide bonds. The van der Waals surface area contributed by atoms with Gasteiger partial charge in [-0.2, -0.15) is 0 Å². The summed E-state index contributed by atoms with van der Waals surface area (Å²) >= 11 is 0.